The van der Waals surface area contributed by atoms with Crippen LogP contribution in [0.4, 0.5) is 8.78 Å². The molecule has 0 fully saturated rings. The van der Waals surface area contributed by atoms with Gasteiger partial charge in [0, 0.05) is 13.0 Å². The summed E-state index contributed by atoms with van der Waals surface area (Å²) in [5.74, 6) is -2.60. The van der Waals surface area contributed by atoms with Crippen LogP contribution in [0, 0.1) is 11.6 Å². The monoisotopic (exact) mass is 244 g/mol. The Morgan fingerprint density at radius 3 is 2.44 bits per heavy atom. The van der Waals surface area contributed by atoms with E-state index < -0.39 is 23.1 Å². The summed E-state index contributed by atoms with van der Waals surface area (Å²) in [4.78, 5) is 11.6. The van der Waals surface area contributed by atoms with E-state index in [1.165, 1.54) is 6.07 Å². The van der Waals surface area contributed by atoms with Gasteiger partial charge in [0.25, 0.3) is 5.91 Å². The highest BCUT2D eigenvalue weighted by molar-refractivity contribution is 7.80. The molecule has 6 heteroatoms. The number of amides is 1. The van der Waals surface area contributed by atoms with Crippen molar-refractivity contribution in [1.82, 2.24) is 5.32 Å². The van der Waals surface area contributed by atoms with Crippen LogP contribution in [0.2, 0.25) is 0 Å². The van der Waals surface area contributed by atoms with Crippen LogP contribution in [-0.4, -0.2) is 17.4 Å². The molecule has 1 amide bonds. The Balaban J connectivity index is 2.70. The van der Waals surface area contributed by atoms with Gasteiger partial charge >= 0.3 is 0 Å². The fourth-order valence-electron chi connectivity index (χ4n) is 1.10. The first kappa shape index (κ1) is 12.5. The molecule has 1 aromatic rings. The molecule has 0 aliphatic heterocycles. The van der Waals surface area contributed by atoms with Crippen molar-refractivity contribution in [3.63, 3.8) is 0 Å². The average Bonchev–Trinajstić information content (AvgIpc) is 2.16. The zero-order valence-electron chi connectivity index (χ0n) is 8.30. The lowest BCUT2D eigenvalue weighted by molar-refractivity contribution is 0.0946. The van der Waals surface area contributed by atoms with Crippen LogP contribution in [0.15, 0.2) is 18.2 Å². The first-order valence-electron chi connectivity index (χ1n) is 4.53. The lowest BCUT2D eigenvalue weighted by atomic mass is 10.2. The number of nitrogens with two attached hydrogens (primary N) is 1. The van der Waals surface area contributed by atoms with E-state index in [0.29, 0.717) is 0 Å². The Bertz CT molecular complexity index is 403. The number of halogens is 2. The summed E-state index contributed by atoms with van der Waals surface area (Å²) in [6.07, 6.45) is 0.289. The van der Waals surface area contributed by atoms with Gasteiger partial charge in [-0.1, -0.05) is 18.3 Å². The highest BCUT2D eigenvalue weighted by Gasteiger charge is 2.16. The summed E-state index contributed by atoms with van der Waals surface area (Å²) in [5.41, 5.74) is 4.62. The van der Waals surface area contributed by atoms with E-state index in [1.807, 2.05) is 0 Å². The van der Waals surface area contributed by atoms with Crippen molar-refractivity contribution in [3.05, 3.63) is 35.4 Å². The van der Waals surface area contributed by atoms with Crippen molar-refractivity contribution in [1.29, 1.82) is 0 Å². The first-order chi connectivity index (χ1) is 7.52. The number of carbonyl (C=O) groups is 1. The molecule has 0 aliphatic rings. The van der Waals surface area contributed by atoms with E-state index in [4.69, 9.17) is 5.73 Å². The van der Waals surface area contributed by atoms with E-state index in [2.05, 4.69) is 17.5 Å². The highest BCUT2D eigenvalue weighted by Crippen LogP contribution is 2.11. The maximum atomic E-state index is 13.1. The molecule has 0 saturated carbocycles. The molecule has 0 saturated heterocycles. The fraction of sp³-hybridized carbons (Fsp3) is 0.200. The van der Waals surface area contributed by atoms with Crippen LogP contribution in [0.1, 0.15) is 16.8 Å². The molecule has 0 heterocycles. The van der Waals surface area contributed by atoms with Crippen molar-refractivity contribution in [2.45, 2.75) is 6.42 Å². The third kappa shape index (κ3) is 3.23. The van der Waals surface area contributed by atoms with E-state index in [1.54, 1.807) is 0 Å². The maximum absolute atomic E-state index is 13.1. The average molecular weight is 244 g/mol. The predicted molar refractivity (Wildman–Crippen MR) is 60.1 cm³/mol. The molecule has 0 unspecified atom stereocenters. The van der Waals surface area contributed by atoms with Gasteiger partial charge < -0.3 is 11.1 Å². The van der Waals surface area contributed by atoms with Crippen LogP contribution >= 0.6 is 12.2 Å². The van der Waals surface area contributed by atoms with Crippen molar-refractivity contribution < 1.29 is 13.6 Å². The SMILES string of the molecule is NC(=S)CCNC(=O)c1c(F)cccc1F. The predicted octanol–water partition coefficient (Wildman–Crippen LogP) is 1.37. The lowest BCUT2D eigenvalue weighted by Crippen LogP contribution is -2.28. The zero-order valence-corrected chi connectivity index (χ0v) is 9.11. The standard InChI is InChI=1S/C10H10F2N2OS/c11-6-2-1-3-7(12)9(6)10(15)14-5-4-8(13)16/h1-3H,4-5H2,(H2,13,16)(H,14,15). The normalized spacial score (nSPS) is 9.88. The molecule has 0 aromatic heterocycles. The van der Waals surface area contributed by atoms with E-state index in [0.717, 1.165) is 12.1 Å². The third-order valence-electron chi connectivity index (χ3n) is 1.85. The molecule has 0 radical (unpaired) electrons. The number of benzene rings is 1. The van der Waals surface area contributed by atoms with Crippen molar-refractivity contribution in [2.24, 2.45) is 5.73 Å². The van der Waals surface area contributed by atoms with Gasteiger partial charge in [-0.25, -0.2) is 8.78 Å². The summed E-state index contributed by atoms with van der Waals surface area (Å²) in [7, 11) is 0. The summed E-state index contributed by atoms with van der Waals surface area (Å²) in [6, 6.07) is 3.23. The largest absolute Gasteiger partial charge is 0.393 e. The molecule has 0 aliphatic carbocycles. The van der Waals surface area contributed by atoms with Crippen molar-refractivity contribution in [3.8, 4) is 0 Å². The van der Waals surface area contributed by atoms with Crippen molar-refractivity contribution >= 4 is 23.1 Å². The third-order valence-corrected chi connectivity index (χ3v) is 2.05. The zero-order chi connectivity index (χ0) is 12.1. The molecule has 1 rings (SSSR count). The van der Waals surface area contributed by atoms with E-state index in [-0.39, 0.29) is 18.0 Å². The second-order valence-electron chi connectivity index (χ2n) is 3.07. The molecule has 0 bridgehead atoms. The van der Waals surface area contributed by atoms with Crippen LogP contribution < -0.4 is 11.1 Å². The molecular formula is C10H10F2N2OS. The minimum Gasteiger partial charge on any atom is -0.393 e. The Morgan fingerprint density at radius 2 is 1.94 bits per heavy atom. The van der Waals surface area contributed by atoms with Gasteiger partial charge in [-0.2, -0.15) is 0 Å². The minimum atomic E-state index is -0.896. The molecule has 1 aromatic carbocycles. The Morgan fingerprint density at radius 1 is 1.38 bits per heavy atom. The van der Waals surface area contributed by atoms with Gasteiger partial charge in [0.15, 0.2) is 0 Å². The smallest absolute Gasteiger partial charge is 0.257 e. The van der Waals surface area contributed by atoms with E-state index in [9.17, 15) is 13.6 Å². The van der Waals surface area contributed by atoms with Crippen molar-refractivity contribution in [2.75, 3.05) is 6.54 Å². The quantitative estimate of drug-likeness (QED) is 0.786. The molecule has 0 spiro atoms. The van der Waals surface area contributed by atoms with Gasteiger partial charge in [-0.05, 0) is 12.1 Å². The fourth-order valence-corrected chi connectivity index (χ4v) is 1.20. The number of rotatable bonds is 4. The summed E-state index contributed by atoms with van der Waals surface area (Å²) < 4.78 is 26.3. The molecular weight excluding hydrogens is 234 g/mol. The summed E-state index contributed by atoms with van der Waals surface area (Å²) in [6.45, 7) is 0.155. The van der Waals surface area contributed by atoms with Crippen LogP contribution in [-0.2, 0) is 0 Å². The summed E-state index contributed by atoms with van der Waals surface area (Å²) in [5, 5.41) is 2.33. The van der Waals surface area contributed by atoms with Gasteiger partial charge in [0.2, 0.25) is 0 Å². The van der Waals surface area contributed by atoms with Crippen LogP contribution in [0.3, 0.4) is 0 Å². The van der Waals surface area contributed by atoms with E-state index >= 15 is 0 Å². The molecule has 16 heavy (non-hydrogen) atoms. The molecule has 3 nitrogen and oxygen atoms in total. The van der Waals surface area contributed by atoms with Crippen LogP contribution in [0.25, 0.3) is 0 Å². The molecule has 0 atom stereocenters. The number of carbonyl (C=O) groups excluding carboxylic acids is 1. The second kappa shape index (κ2) is 5.50. The van der Waals surface area contributed by atoms with Gasteiger partial charge in [-0.3, -0.25) is 4.79 Å². The highest BCUT2D eigenvalue weighted by atomic mass is 32.1. The van der Waals surface area contributed by atoms with Crippen LogP contribution in [0.5, 0.6) is 0 Å². The number of hydrogen-bond acceptors (Lipinski definition) is 2. The number of nitrogens with one attached hydrogen (secondary N) is 1. The van der Waals surface area contributed by atoms with Gasteiger partial charge in [0.1, 0.15) is 17.2 Å². The number of thiocarbonyl (C=S) groups is 1. The first-order valence-corrected chi connectivity index (χ1v) is 4.93. The Labute approximate surface area is 96.6 Å². The molecule has 86 valence electrons. The molecule has 3 N–H and O–H groups in total. The maximum Gasteiger partial charge on any atom is 0.257 e. The summed E-state index contributed by atoms with van der Waals surface area (Å²) >= 11 is 4.59. The van der Waals surface area contributed by atoms with Gasteiger partial charge in [-0.15, -0.1) is 0 Å². The Kier molecular flexibility index (Phi) is 4.30. The lowest BCUT2D eigenvalue weighted by Gasteiger charge is -2.06. The topological polar surface area (TPSA) is 55.1 Å². The minimum absolute atomic E-state index is 0.155. The number of hydrogen-bond donors (Lipinski definition) is 2. The van der Waals surface area contributed by atoms with Gasteiger partial charge in [0.05, 0.1) is 4.99 Å². The second-order valence-corrected chi connectivity index (χ2v) is 3.59. The Hall–Kier alpha value is -1.56.